The molecule has 1 N–H and O–H groups in total. The van der Waals surface area contributed by atoms with Gasteiger partial charge in [0, 0.05) is 13.1 Å². The Balaban J connectivity index is 2.27. The monoisotopic (exact) mass is 366 g/mol. The molecule has 0 bridgehead atoms. The van der Waals surface area contributed by atoms with Gasteiger partial charge >= 0.3 is 0 Å². The summed E-state index contributed by atoms with van der Waals surface area (Å²) in [6, 6.07) is 15.6. The van der Waals surface area contributed by atoms with Crippen molar-refractivity contribution in [2.75, 3.05) is 6.54 Å². The third kappa shape index (κ3) is 5.95. The molecule has 144 valence electrons. The number of nitrogens with one attached hydrogen (secondary N) is 1. The van der Waals surface area contributed by atoms with Gasteiger partial charge in [-0.15, -0.1) is 0 Å². The van der Waals surface area contributed by atoms with E-state index in [-0.39, 0.29) is 11.8 Å². The fourth-order valence-corrected chi connectivity index (χ4v) is 3.20. The van der Waals surface area contributed by atoms with Crippen LogP contribution < -0.4 is 5.32 Å². The largest absolute Gasteiger partial charge is 0.355 e. The van der Waals surface area contributed by atoms with Gasteiger partial charge in [0.25, 0.3) is 0 Å². The minimum atomic E-state index is -0.469. The van der Waals surface area contributed by atoms with Gasteiger partial charge in [0.15, 0.2) is 0 Å². The molecule has 2 aromatic rings. The highest BCUT2D eigenvalue weighted by atomic mass is 16.2. The van der Waals surface area contributed by atoms with Crippen LogP contribution in [0, 0.1) is 13.8 Å². The van der Waals surface area contributed by atoms with E-state index in [1.54, 1.807) is 4.90 Å². The van der Waals surface area contributed by atoms with Crippen LogP contribution in [0.1, 0.15) is 42.5 Å². The van der Waals surface area contributed by atoms with Crippen molar-refractivity contribution in [2.45, 2.75) is 53.1 Å². The lowest BCUT2D eigenvalue weighted by Gasteiger charge is -2.30. The van der Waals surface area contributed by atoms with E-state index >= 15 is 0 Å². The normalized spacial score (nSPS) is 11.7. The van der Waals surface area contributed by atoms with E-state index in [1.165, 1.54) is 5.56 Å². The number of amides is 2. The summed E-state index contributed by atoms with van der Waals surface area (Å²) in [6.45, 7) is 8.88. The van der Waals surface area contributed by atoms with Crippen LogP contribution in [-0.2, 0) is 22.6 Å². The predicted octanol–water partition coefficient (Wildman–Crippen LogP) is 3.79. The third-order valence-electron chi connectivity index (χ3n) is 4.65. The molecule has 4 nitrogen and oxygen atoms in total. The van der Waals surface area contributed by atoms with E-state index < -0.39 is 6.04 Å². The smallest absolute Gasteiger partial charge is 0.242 e. The number of carbonyl (C=O) groups excluding carboxylic acids is 2. The average molecular weight is 367 g/mol. The Morgan fingerprint density at radius 3 is 2.26 bits per heavy atom. The lowest BCUT2D eigenvalue weighted by atomic mass is 10.0. The Bertz CT molecular complexity index is 768. The zero-order valence-corrected chi connectivity index (χ0v) is 16.8. The molecule has 2 rings (SSSR count). The van der Waals surface area contributed by atoms with Crippen molar-refractivity contribution in [1.29, 1.82) is 0 Å². The maximum atomic E-state index is 13.2. The third-order valence-corrected chi connectivity index (χ3v) is 4.65. The average Bonchev–Trinajstić information content (AvgIpc) is 2.63. The van der Waals surface area contributed by atoms with Gasteiger partial charge in [0.2, 0.25) is 11.8 Å². The molecule has 2 aromatic carbocycles. The van der Waals surface area contributed by atoms with Crippen LogP contribution in [0.2, 0.25) is 0 Å². The summed E-state index contributed by atoms with van der Waals surface area (Å²) in [5.41, 5.74) is 4.30. The van der Waals surface area contributed by atoms with E-state index in [0.29, 0.717) is 25.9 Å². The summed E-state index contributed by atoms with van der Waals surface area (Å²) in [7, 11) is 0. The highest BCUT2D eigenvalue weighted by molar-refractivity contribution is 5.88. The van der Waals surface area contributed by atoms with Gasteiger partial charge < -0.3 is 10.2 Å². The summed E-state index contributed by atoms with van der Waals surface area (Å²) >= 11 is 0. The van der Waals surface area contributed by atoms with Crippen LogP contribution >= 0.6 is 0 Å². The molecule has 0 spiro atoms. The van der Waals surface area contributed by atoms with Gasteiger partial charge in [-0.25, -0.2) is 0 Å². The molecule has 0 saturated heterocycles. The first-order valence-corrected chi connectivity index (χ1v) is 9.62. The number of hydrogen-bond acceptors (Lipinski definition) is 2. The van der Waals surface area contributed by atoms with Gasteiger partial charge in [-0.3, -0.25) is 9.59 Å². The van der Waals surface area contributed by atoms with E-state index in [9.17, 15) is 9.59 Å². The topological polar surface area (TPSA) is 49.4 Å². The van der Waals surface area contributed by atoms with E-state index in [0.717, 1.165) is 16.7 Å². The second-order valence-electron chi connectivity index (χ2n) is 6.99. The van der Waals surface area contributed by atoms with Crippen LogP contribution in [0.3, 0.4) is 0 Å². The number of likely N-dealkylation sites (N-methyl/N-ethyl adjacent to an activating group) is 1. The second kappa shape index (κ2) is 9.91. The van der Waals surface area contributed by atoms with Crippen molar-refractivity contribution < 1.29 is 9.59 Å². The van der Waals surface area contributed by atoms with Crippen molar-refractivity contribution in [3.05, 3.63) is 70.8 Å². The number of aryl methyl sites for hydroxylation is 2. The highest BCUT2D eigenvalue weighted by Gasteiger charge is 2.28. The minimum Gasteiger partial charge on any atom is -0.355 e. The van der Waals surface area contributed by atoms with Gasteiger partial charge in [-0.05, 0) is 38.3 Å². The lowest BCUT2D eigenvalue weighted by molar-refractivity contribution is -0.140. The molecule has 1 atom stereocenters. The fraction of sp³-hybridized carbons (Fsp3) is 0.391. The molecule has 0 aliphatic rings. The molecular weight excluding hydrogens is 336 g/mol. The highest BCUT2D eigenvalue weighted by Crippen LogP contribution is 2.16. The summed E-state index contributed by atoms with van der Waals surface area (Å²) in [5, 5.41) is 2.87. The number of nitrogens with zero attached hydrogens (tertiary/aromatic N) is 1. The Morgan fingerprint density at radius 1 is 0.963 bits per heavy atom. The fourth-order valence-electron chi connectivity index (χ4n) is 3.20. The molecule has 0 saturated carbocycles. The van der Waals surface area contributed by atoms with Crippen LogP contribution in [0.25, 0.3) is 0 Å². The van der Waals surface area contributed by atoms with Crippen LogP contribution in [0.4, 0.5) is 0 Å². The molecule has 27 heavy (non-hydrogen) atoms. The first-order chi connectivity index (χ1) is 12.9. The van der Waals surface area contributed by atoms with Crippen molar-refractivity contribution in [3.8, 4) is 0 Å². The first-order valence-electron chi connectivity index (χ1n) is 9.62. The van der Waals surface area contributed by atoms with Crippen LogP contribution in [-0.4, -0.2) is 29.3 Å². The summed E-state index contributed by atoms with van der Waals surface area (Å²) in [4.78, 5) is 27.4. The zero-order chi connectivity index (χ0) is 19.8. The molecule has 2 amide bonds. The molecular formula is C23H30N2O2. The number of carbonyl (C=O) groups is 2. The van der Waals surface area contributed by atoms with Crippen LogP contribution in [0.15, 0.2) is 48.5 Å². The first kappa shape index (κ1) is 20.7. The Morgan fingerprint density at radius 2 is 1.67 bits per heavy atom. The Hall–Kier alpha value is -2.62. The van der Waals surface area contributed by atoms with Gasteiger partial charge in [0.1, 0.15) is 6.04 Å². The molecule has 0 radical (unpaired) electrons. The van der Waals surface area contributed by atoms with E-state index in [4.69, 9.17) is 0 Å². The SMILES string of the molecule is CCNC(=O)C(CC)N(Cc1ccc(C)cc1)C(=O)Cc1cccc(C)c1. The number of benzene rings is 2. The van der Waals surface area contributed by atoms with Gasteiger partial charge in [0.05, 0.1) is 6.42 Å². The Kier molecular flexibility index (Phi) is 7.59. The van der Waals surface area contributed by atoms with E-state index in [2.05, 4.69) is 5.32 Å². The number of hydrogen-bond donors (Lipinski definition) is 1. The molecule has 4 heteroatoms. The summed E-state index contributed by atoms with van der Waals surface area (Å²) < 4.78 is 0. The standard InChI is InChI=1S/C23H30N2O2/c1-5-21(23(27)24-6-2)25(16-19-12-10-17(3)11-13-19)22(26)15-20-9-7-8-18(4)14-20/h7-14,21H,5-6,15-16H2,1-4H3,(H,24,27). The van der Waals surface area contributed by atoms with Crippen molar-refractivity contribution in [1.82, 2.24) is 10.2 Å². The summed E-state index contributed by atoms with van der Waals surface area (Å²) in [5.74, 6) is -0.121. The van der Waals surface area contributed by atoms with Crippen molar-refractivity contribution >= 4 is 11.8 Å². The van der Waals surface area contributed by atoms with Crippen molar-refractivity contribution in [2.24, 2.45) is 0 Å². The minimum absolute atomic E-state index is 0.0284. The molecule has 0 fully saturated rings. The maximum absolute atomic E-state index is 13.2. The van der Waals surface area contributed by atoms with Crippen molar-refractivity contribution in [3.63, 3.8) is 0 Å². The van der Waals surface area contributed by atoms with E-state index in [1.807, 2.05) is 76.2 Å². The maximum Gasteiger partial charge on any atom is 0.242 e. The predicted molar refractivity (Wildman–Crippen MR) is 109 cm³/mol. The quantitative estimate of drug-likeness (QED) is 0.773. The molecule has 0 heterocycles. The van der Waals surface area contributed by atoms with Gasteiger partial charge in [-0.2, -0.15) is 0 Å². The summed E-state index contributed by atoms with van der Waals surface area (Å²) in [6.07, 6.45) is 0.876. The second-order valence-corrected chi connectivity index (χ2v) is 6.99. The van der Waals surface area contributed by atoms with Gasteiger partial charge in [-0.1, -0.05) is 66.6 Å². The molecule has 1 unspecified atom stereocenters. The molecule has 0 aliphatic heterocycles. The molecule has 0 aliphatic carbocycles. The zero-order valence-electron chi connectivity index (χ0n) is 16.8. The lowest BCUT2D eigenvalue weighted by Crippen LogP contribution is -2.49. The molecule has 0 aromatic heterocycles. The van der Waals surface area contributed by atoms with Crippen LogP contribution in [0.5, 0.6) is 0 Å². The Labute approximate surface area is 162 Å². The number of rotatable bonds is 8.